The van der Waals surface area contributed by atoms with E-state index in [1.165, 1.54) is 135 Å². The first-order chi connectivity index (χ1) is 39.9. The number of esters is 3. The summed E-state index contributed by atoms with van der Waals surface area (Å²) in [6.07, 6.45) is 46.7. The van der Waals surface area contributed by atoms with Gasteiger partial charge in [0.1, 0.15) is 31.8 Å². The van der Waals surface area contributed by atoms with Gasteiger partial charge in [-0.1, -0.05) is 247 Å². The van der Waals surface area contributed by atoms with Crippen molar-refractivity contribution in [3.8, 4) is 6.07 Å². The third-order valence-corrected chi connectivity index (χ3v) is 17.2. The van der Waals surface area contributed by atoms with Crippen LogP contribution in [0.1, 0.15) is 303 Å². The van der Waals surface area contributed by atoms with E-state index in [4.69, 9.17) is 19.5 Å². The summed E-state index contributed by atoms with van der Waals surface area (Å²) >= 11 is 0. The number of rotatable bonds is 50. The molecule has 2 unspecified atom stereocenters. The van der Waals surface area contributed by atoms with Crippen molar-refractivity contribution >= 4 is 46.6 Å². The fourth-order valence-electron chi connectivity index (χ4n) is 11.7. The van der Waals surface area contributed by atoms with Crippen LogP contribution in [0.25, 0.3) is 11.0 Å². The number of aromatic nitrogens is 3. The van der Waals surface area contributed by atoms with Crippen LogP contribution in [0.4, 0.5) is 5.82 Å². The SMILES string of the molecule is CCCCCCCCCCCCCCCC(=O)OCC(COC(=O)CCCCCCCCCCCCCCC)OC(=O)CC(C)CCCCCCCCCCC(C)C(=O)n1ccc2c(N(C)[C@H]3CN(C(=O)CC#N)CC[C@H]3C)ncnc21. The summed E-state index contributed by atoms with van der Waals surface area (Å²) in [4.78, 5) is 78.0. The van der Waals surface area contributed by atoms with Gasteiger partial charge in [-0.3, -0.25) is 28.5 Å². The second-order valence-electron chi connectivity index (χ2n) is 24.7. The van der Waals surface area contributed by atoms with Gasteiger partial charge in [-0.25, -0.2) is 9.97 Å². The topological polar surface area (TPSA) is 174 Å². The second-order valence-corrected chi connectivity index (χ2v) is 24.7. The van der Waals surface area contributed by atoms with Crippen LogP contribution in [0.3, 0.4) is 0 Å². The van der Waals surface area contributed by atoms with E-state index in [9.17, 15) is 24.0 Å². The molecule has 1 saturated heterocycles. The Balaban J connectivity index is 1.31. The van der Waals surface area contributed by atoms with E-state index in [1.807, 2.05) is 26.1 Å². The number of hydrogen-bond donors (Lipinski definition) is 0. The molecule has 2 aromatic heterocycles. The van der Waals surface area contributed by atoms with Gasteiger partial charge in [-0.2, -0.15) is 5.26 Å². The lowest BCUT2D eigenvalue weighted by Gasteiger charge is -2.42. The van der Waals surface area contributed by atoms with Gasteiger partial charge in [0.2, 0.25) is 11.8 Å². The van der Waals surface area contributed by atoms with Crippen LogP contribution in [0.2, 0.25) is 0 Å². The van der Waals surface area contributed by atoms with E-state index in [0.29, 0.717) is 37.5 Å². The van der Waals surface area contributed by atoms with Crippen LogP contribution in [0.5, 0.6) is 0 Å². The summed E-state index contributed by atoms with van der Waals surface area (Å²) in [6, 6.07) is 3.91. The molecule has 2 aromatic rings. The van der Waals surface area contributed by atoms with Crippen LogP contribution in [-0.2, 0) is 33.4 Å². The van der Waals surface area contributed by atoms with Gasteiger partial charge in [-0.15, -0.1) is 0 Å². The maximum atomic E-state index is 13.7. The van der Waals surface area contributed by atoms with Crippen LogP contribution in [0.15, 0.2) is 18.6 Å². The highest BCUT2D eigenvalue weighted by molar-refractivity contribution is 5.96. The first kappa shape index (κ1) is 71.7. The van der Waals surface area contributed by atoms with Crippen molar-refractivity contribution in [3.05, 3.63) is 18.6 Å². The number of amides is 1. The normalized spacial score (nSPS) is 15.1. The van der Waals surface area contributed by atoms with Crippen molar-refractivity contribution in [2.24, 2.45) is 17.8 Å². The highest BCUT2D eigenvalue weighted by Gasteiger charge is 2.33. The Hall–Kier alpha value is -4.54. The molecule has 0 radical (unpaired) electrons. The molecular formula is C68H116N6O8. The van der Waals surface area contributed by atoms with E-state index in [2.05, 4.69) is 42.6 Å². The standard InChI is InChI=1S/C68H116N6O8/c1-7-9-11-13-15-17-19-21-23-25-31-35-39-43-63(76)80-53-59(54-81-64(77)44-40-36-32-26-24-22-20-18-16-14-12-10-8-2)82-65(78)51-56(3)41-37-33-29-27-28-30-34-38-42-58(5)68(79)74-50-47-60-66(70-55-71-67(60)74)72(6)61-52-73(49-46-57(61)4)62(75)45-48-69/h47,50,55-59,61H,7-46,49,51-54H2,1-6H3/t56?,57-,58?,61+/m1/s1. The minimum Gasteiger partial charge on any atom is -0.462 e. The Bertz CT molecular complexity index is 2020. The van der Waals surface area contributed by atoms with Crippen molar-refractivity contribution in [2.45, 2.75) is 310 Å². The zero-order chi connectivity index (χ0) is 59.4. The number of likely N-dealkylation sites (tertiary alicyclic amines) is 1. The molecule has 1 amide bonds. The van der Waals surface area contributed by atoms with E-state index in [-0.39, 0.29) is 73.7 Å². The van der Waals surface area contributed by atoms with E-state index < -0.39 is 6.10 Å². The van der Waals surface area contributed by atoms with Gasteiger partial charge in [0, 0.05) is 51.5 Å². The molecule has 4 atom stereocenters. The summed E-state index contributed by atoms with van der Waals surface area (Å²) in [5.41, 5.74) is 0.590. The predicted octanol–water partition coefficient (Wildman–Crippen LogP) is 17.2. The van der Waals surface area contributed by atoms with Gasteiger partial charge < -0.3 is 24.0 Å². The minimum atomic E-state index is -0.826. The maximum Gasteiger partial charge on any atom is 0.306 e. The van der Waals surface area contributed by atoms with Crippen molar-refractivity contribution < 1.29 is 38.2 Å². The molecular weight excluding hydrogens is 1030 g/mol. The minimum absolute atomic E-state index is 0.0176. The molecule has 1 fully saturated rings. The van der Waals surface area contributed by atoms with E-state index in [1.54, 1.807) is 15.7 Å². The molecule has 14 heteroatoms. The summed E-state index contributed by atoms with van der Waals surface area (Å²) in [6.45, 7) is 11.7. The highest BCUT2D eigenvalue weighted by Crippen LogP contribution is 2.31. The molecule has 1 aliphatic heterocycles. The third kappa shape index (κ3) is 31.4. The number of ether oxygens (including phenoxy) is 3. The number of nitriles is 1. The molecule has 0 saturated carbocycles. The number of carbonyl (C=O) groups excluding carboxylic acids is 5. The van der Waals surface area contributed by atoms with Gasteiger partial charge >= 0.3 is 17.9 Å². The lowest BCUT2D eigenvalue weighted by Crippen LogP contribution is -2.52. The summed E-state index contributed by atoms with van der Waals surface area (Å²) < 4.78 is 18.7. The van der Waals surface area contributed by atoms with Crippen molar-refractivity contribution in [3.63, 3.8) is 0 Å². The molecule has 1 aliphatic rings. The largest absolute Gasteiger partial charge is 0.462 e. The monoisotopic (exact) mass is 1140 g/mol. The van der Waals surface area contributed by atoms with Crippen molar-refractivity contribution in [2.75, 3.05) is 38.3 Å². The Kier molecular flexibility index (Phi) is 40.1. The van der Waals surface area contributed by atoms with Gasteiger partial charge in [0.15, 0.2) is 11.8 Å². The molecule has 3 rings (SSSR count). The Morgan fingerprint density at radius 2 is 1.09 bits per heavy atom. The number of nitrogens with zero attached hydrogens (tertiary/aromatic N) is 6. The van der Waals surface area contributed by atoms with E-state index in [0.717, 1.165) is 120 Å². The molecule has 3 heterocycles. The number of piperidine rings is 1. The van der Waals surface area contributed by atoms with Gasteiger partial charge in [0.25, 0.3) is 0 Å². The number of fused-ring (bicyclic) bond motifs is 1. The molecule has 0 spiro atoms. The first-order valence-corrected chi connectivity index (χ1v) is 33.6. The van der Waals surface area contributed by atoms with Crippen LogP contribution in [0, 0.1) is 29.1 Å². The lowest BCUT2D eigenvalue weighted by molar-refractivity contribution is -0.167. The molecule has 0 bridgehead atoms. The number of anilines is 1. The van der Waals surface area contributed by atoms with Crippen molar-refractivity contribution in [1.29, 1.82) is 5.26 Å². The fourth-order valence-corrected chi connectivity index (χ4v) is 11.7. The molecule has 466 valence electrons. The van der Waals surface area contributed by atoms with Gasteiger partial charge in [0.05, 0.1) is 17.5 Å². The fraction of sp³-hybridized carbons (Fsp3) is 0.824. The molecule has 0 N–H and O–H groups in total. The Labute approximate surface area is 498 Å². The lowest BCUT2D eigenvalue weighted by atomic mass is 9.92. The van der Waals surface area contributed by atoms with Gasteiger partial charge in [-0.05, 0) is 43.6 Å². The summed E-state index contributed by atoms with van der Waals surface area (Å²) in [7, 11) is 1.98. The first-order valence-electron chi connectivity index (χ1n) is 33.6. The number of carbonyl (C=O) groups is 5. The average molecular weight is 1150 g/mol. The van der Waals surface area contributed by atoms with Crippen LogP contribution in [-0.4, -0.2) is 94.7 Å². The zero-order valence-corrected chi connectivity index (χ0v) is 52.9. The average Bonchev–Trinajstić information content (AvgIpc) is 4.12. The third-order valence-electron chi connectivity index (χ3n) is 17.2. The number of likely N-dealkylation sites (N-methyl/N-ethyl adjacent to an activating group) is 1. The smallest absolute Gasteiger partial charge is 0.306 e. The molecule has 0 aromatic carbocycles. The van der Waals surface area contributed by atoms with Crippen LogP contribution >= 0.6 is 0 Å². The van der Waals surface area contributed by atoms with Crippen molar-refractivity contribution in [1.82, 2.24) is 19.4 Å². The summed E-state index contributed by atoms with van der Waals surface area (Å²) in [5.74, 6) is -0.0489. The molecule has 14 nitrogen and oxygen atoms in total. The highest BCUT2D eigenvalue weighted by atomic mass is 16.6. The zero-order valence-electron chi connectivity index (χ0n) is 52.9. The molecule has 0 aliphatic carbocycles. The Morgan fingerprint density at radius 3 is 1.56 bits per heavy atom. The number of hydrogen-bond acceptors (Lipinski definition) is 12. The quantitative estimate of drug-likeness (QED) is 0.0349. The van der Waals surface area contributed by atoms with Crippen LogP contribution < -0.4 is 4.90 Å². The van der Waals surface area contributed by atoms with E-state index >= 15 is 0 Å². The second kappa shape index (κ2) is 45.8. The molecule has 82 heavy (non-hydrogen) atoms. The predicted molar refractivity (Wildman–Crippen MR) is 332 cm³/mol. The Morgan fingerprint density at radius 1 is 0.634 bits per heavy atom. The maximum absolute atomic E-state index is 13.7. The number of unbranched alkanes of at least 4 members (excludes halogenated alkanes) is 31. The summed E-state index contributed by atoms with van der Waals surface area (Å²) in [5, 5.41) is 9.87.